The van der Waals surface area contributed by atoms with E-state index in [1.165, 1.54) is 20.1 Å². The number of carboxylic acid groups (broad SMARTS) is 1. The Morgan fingerprint density at radius 2 is 1.91 bits per heavy atom. The van der Waals surface area contributed by atoms with Crippen molar-refractivity contribution >= 4 is 11.9 Å². The molecule has 0 saturated heterocycles. The lowest BCUT2D eigenvalue weighted by atomic mass is 10.1. The number of benzene rings is 1. The predicted octanol–water partition coefficient (Wildman–Crippen LogP) is 2.32. The normalized spacial score (nSPS) is 11.9. The number of carboxylic acids is 1. The van der Waals surface area contributed by atoms with Crippen LogP contribution in [0.25, 0.3) is 0 Å². The van der Waals surface area contributed by atoms with Gasteiger partial charge in [0.25, 0.3) is 5.91 Å². The Kier molecular flexibility index (Phi) is 6.69. The molecule has 22 heavy (non-hydrogen) atoms. The first-order chi connectivity index (χ1) is 10.3. The van der Waals surface area contributed by atoms with Crippen LogP contribution in [-0.2, 0) is 4.79 Å². The number of hydrogen-bond acceptors (Lipinski definition) is 4. The molecule has 1 atom stereocenters. The summed E-state index contributed by atoms with van der Waals surface area (Å²) in [5.41, 5.74) is 0.321. The highest BCUT2D eigenvalue weighted by atomic mass is 16.5. The fourth-order valence-electron chi connectivity index (χ4n) is 1.67. The molecule has 1 unspecified atom stereocenters. The van der Waals surface area contributed by atoms with Crippen molar-refractivity contribution in [2.24, 2.45) is 5.92 Å². The largest absolute Gasteiger partial charge is 0.493 e. The standard InChI is InChI=1S/C16H23NO5/c1-10(2)7-8-22-13-6-5-12(9-14(13)21-4)15(18)17-11(3)16(19)20/h5-6,9-11H,7-8H2,1-4H3,(H,17,18)(H,19,20). The van der Waals surface area contributed by atoms with E-state index < -0.39 is 17.9 Å². The van der Waals surface area contributed by atoms with Crippen LogP contribution in [0.15, 0.2) is 18.2 Å². The molecule has 6 nitrogen and oxygen atoms in total. The third-order valence-corrected chi connectivity index (χ3v) is 3.10. The van der Waals surface area contributed by atoms with E-state index in [9.17, 15) is 9.59 Å². The van der Waals surface area contributed by atoms with Gasteiger partial charge in [0.15, 0.2) is 11.5 Å². The molecule has 1 rings (SSSR count). The molecule has 0 spiro atoms. The van der Waals surface area contributed by atoms with Gasteiger partial charge in [-0.3, -0.25) is 9.59 Å². The van der Waals surface area contributed by atoms with E-state index >= 15 is 0 Å². The smallest absolute Gasteiger partial charge is 0.325 e. The molecule has 0 radical (unpaired) electrons. The SMILES string of the molecule is COc1cc(C(=O)NC(C)C(=O)O)ccc1OCCC(C)C. The number of ether oxygens (including phenoxy) is 2. The summed E-state index contributed by atoms with van der Waals surface area (Å²) in [7, 11) is 1.49. The molecule has 0 aliphatic carbocycles. The van der Waals surface area contributed by atoms with Crippen molar-refractivity contribution in [1.29, 1.82) is 0 Å². The van der Waals surface area contributed by atoms with Gasteiger partial charge in [0, 0.05) is 5.56 Å². The highest BCUT2D eigenvalue weighted by Gasteiger charge is 2.17. The van der Waals surface area contributed by atoms with E-state index in [-0.39, 0.29) is 0 Å². The fraction of sp³-hybridized carbons (Fsp3) is 0.500. The molecule has 0 aromatic heterocycles. The molecule has 0 saturated carbocycles. The number of carbonyl (C=O) groups excluding carboxylic acids is 1. The summed E-state index contributed by atoms with van der Waals surface area (Å²) in [5, 5.41) is 11.2. The molecule has 0 aliphatic heterocycles. The molecule has 0 heterocycles. The minimum atomic E-state index is -1.09. The zero-order valence-electron chi connectivity index (χ0n) is 13.4. The molecule has 6 heteroatoms. The Hall–Kier alpha value is -2.24. The quantitative estimate of drug-likeness (QED) is 0.770. The van der Waals surface area contributed by atoms with Crippen molar-refractivity contribution in [1.82, 2.24) is 5.32 Å². The number of carbonyl (C=O) groups is 2. The lowest BCUT2D eigenvalue weighted by molar-refractivity contribution is -0.138. The summed E-state index contributed by atoms with van der Waals surface area (Å²) in [6.45, 7) is 6.19. The summed E-state index contributed by atoms with van der Waals surface area (Å²) in [4.78, 5) is 22.7. The van der Waals surface area contributed by atoms with Crippen LogP contribution in [-0.4, -0.2) is 36.7 Å². The van der Waals surface area contributed by atoms with Crippen molar-refractivity contribution < 1.29 is 24.2 Å². The molecule has 2 N–H and O–H groups in total. The van der Waals surface area contributed by atoms with E-state index in [2.05, 4.69) is 19.2 Å². The van der Waals surface area contributed by atoms with Gasteiger partial charge in [-0.25, -0.2) is 0 Å². The number of aliphatic carboxylic acids is 1. The maximum absolute atomic E-state index is 12.0. The number of amides is 1. The van der Waals surface area contributed by atoms with Crippen molar-refractivity contribution in [2.45, 2.75) is 33.2 Å². The average molecular weight is 309 g/mol. The van der Waals surface area contributed by atoms with E-state index in [1.807, 2.05) is 0 Å². The second-order valence-corrected chi connectivity index (χ2v) is 5.43. The number of methoxy groups -OCH3 is 1. The molecular formula is C16H23NO5. The second kappa shape index (κ2) is 8.26. The molecule has 122 valence electrons. The first-order valence-electron chi connectivity index (χ1n) is 7.19. The molecule has 1 aromatic rings. The molecule has 0 bridgehead atoms. The van der Waals surface area contributed by atoms with Crippen molar-refractivity contribution in [3.8, 4) is 11.5 Å². The van der Waals surface area contributed by atoms with Gasteiger partial charge in [-0.1, -0.05) is 13.8 Å². The molecule has 0 fully saturated rings. The van der Waals surface area contributed by atoms with E-state index in [1.54, 1.807) is 12.1 Å². The highest BCUT2D eigenvalue weighted by molar-refractivity contribution is 5.97. The Morgan fingerprint density at radius 3 is 2.45 bits per heavy atom. The third-order valence-electron chi connectivity index (χ3n) is 3.10. The summed E-state index contributed by atoms with van der Waals surface area (Å²) < 4.78 is 10.9. The number of hydrogen-bond donors (Lipinski definition) is 2. The van der Waals surface area contributed by atoms with Crippen LogP contribution in [0.5, 0.6) is 11.5 Å². The number of nitrogens with one attached hydrogen (secondary N) is 1. The molecule has 1 aromatic carbocycles. The van der Waals surface area contributed by atoms with Gasteiger partial charge in [0.2, 0.25) is 0 Å². The fourth-order valence-corrected chi connectivity index (χ4v) is 1.67. The summed E-state index contributed by atoms with van der Waals surface area (Å²) in [6.07, 6.45) is 0.918. The average Bonchev–Trinajstić information content (AvgIpc) is 2.46. The zero-order chi connectivity index (χ0) is 16.7. The first kappa shape index (κ1) is 17.8. The van der Waals surface area contributed by atoms with Crippen LogP contribution in [0, 0.1) is 5.92 Å². The van der Waals surface area contributed by atoms with Gasteiger partial charge in [-0.15, -0.1) is 0 Å². The van der Waals surface area contributed by atoms with Crippen LogP contribution in [0.4, 0.5) is 0 Å². The Balaban J connectivity index is 2.79. The van der Waals surface area contributed by atoms with E-state index in [0.717, 1.165) is 6.42 Å². The van der Waals surface area contributed by atoms with Gasteiger partial charge in [0.05, 0.1) is 13.7 Å². The summed E-state index contributed by atoms with van der Waals surface area (Å²) >= 11 is 0. The van der Waals surface area contributed by atoms with Crippen LogP contribution in [0.1, 0.15) is 37.6 Å². The zero-order valence-corrected chi connectivity index (χ0v) is 13.4. The third kappa shape index (κ3) is 5.27. The Labute approximate surface area is 130 Å². The monoisotopic (exact) mass is 309 g/mol. The second-order valence-electron chi connectivity index (χ2n) is 5.43. The topological polar surface area (TPSA) is 84.9 Å². The van der Waals surface area contributed by atoms with E-state index in [0.29, 0.717) is 29.6 Å². The van der Waals surface area contributed by atoms with Gasteiger partial charge in [0.1, 0.15) is 6.04 Å². The first-order valence-corrected chi connectivity index (χ1v) is 7.19. The van der Waals surface area contributed by atoms with Gasteiger partial charge < -0.3 is 19.9 Å². The lowest BCUT2D eigenvalue weighted by Gasteiger charge is -2.14. The van der Waals surface area contributed by atoms with Gasteiger partial charge >= 0.3 is 5.97 Å². The minimum absolute atomic E-state index is 0.321. The Morgan fingerprint density at radius 1 is 1.23 bits per heavy atom. The Bertz CT molecular complexity index is 527. The van der Waals surface area contributed by atoms with Crippen LogP contribution >= 0.6 is 0 Å². The van der Waals surface area contributed by atoms with Crippen molar-refractivity contribution in [3.05, 3.63) is 23.8 Å². The van der Waals surface area contributed by atoms with Crippen molar-refractivity contribution in [2.75, 3.05) is 13.7 Å². The molecular weight excluding hydrogens is 286 g/mol. The molecule has 0 aliphatic rings. The van der Waals surface area contributed by atoms with Gasteiger partial charge in [-0.05, 0) is 37.5 Å². The summed E-state index contributed by atoms with van der Waals surface area (Å²) in [5.74, 6) is -0.0187. The predicted molar refractivity (Wildman–Crippen MR) is 82.5 cm³/mol. The van der Waals surface area contributed by atoms with Crippen molar-refractivity contribution in [3.63, 3.8) is 0 Å². The summed E-state index contributed by atoms with van der Waals surface area (Å²) in [6, 6.07) is 3.81. The lowest BCUT2D eigenvalue weighted by Crippen LogP contribution is -2.38. The minimum Gasteiger partial charge on any atom is -0.493 e. The highest BCUT2D eigenvalue weighted by Crippen LogP contribution is 2.28. The van der Waals surface area contributed by atoms with Gasteiger partial charge in [-0.2, -0.15) is 0 Å². The number of rotatable bonds is 8. The van der Waals surface area contributed by atoms with E-state index in [4.69, 9.17) is 14.6 Å². The maximum Gasteiger partial charge on any atom is 0.325 e. The van der Waals surface area contributed by atoms with Crippen LogP contribution < -0.4 is 14.8 Å². The molecule has 1 amide bonds. The van der Waals surface area contributed by atoms with Crippen LogP contribution in [0.2, 0.25) is 0 Å². The maximum atomic E-state index is 12.0. The van der Waals surface area contributed by atoms with Crippen LogP contribution in [0.3, 0.4) is 0 Å².